The Kier molecular flexibility index (Phi) is 2.61. The van der Waals surface area contributed by atoms with Crippen molar-refractivity contribution in [1.82, 2.24) is 0 Å². The van der Waals surface area contributed by atoms with Gasteiger partial charge in [0.15, 0.2) is 0 Å². The van der Waals surface area contributed by atoms with Gasteiger partial charge in [-0.25, -0.2) is 0 Å². The van der Waals surface area contributed by atoms with Gasteiger partial charge in [0, 0.05) is 11.3 Å². The van der Waals surface area contributed by atoms with Crippen LogP contribution >= 0.6 is 0 Å². The standard InChI is InChI=1S/C11H15NO/c1-7-5-10(9(3)12)11(13-4)6-8(7)2/h5-6H,3,12H2,1-2,4H3. The van der Waals surface area contributed by atoms with E-state index in [4.69, 9.17) is 10.5 Å². The first-order valence-electron chi connectivity index (χ1n) is 4.16. The van der Waals surface area contributed by atoms with Crippen molar-refractivity contribution in [3.63, 3.8) is 0 Å². The molecule has 1 rings (SSSR count). The third kappa shape index (κ3) is 1.83. The molecule has 0 saturated carbocycles. The van der Waals surface area contributed by atoms with Crippen molar-refractivity contribution in [2.24, 2.45) is 5.73 Å². The van der Waals surface area contributed by atoms with Gasteiger partial charge in [-0.2, -0.15) is 0 Å². The summed E-state index contributed by atoms with van der Waals surface area (Å²) in [4.78, 5) is 0. The summed E-state index contributed by atoms with van der Waals surface area (Å²) in [5, 5.41) is 0. The quantitative estimate of drug-likeness (QED) is 0.752. The number of hydrogen-bond donors (Lipinski definition) is 1. The second-order valence-corrected chi connectivity index (χ2v) is 3.16. The number of ether oxygens (including phenoxy) is 1. The zero-order chi connectivity index (χ0) is 10.0. The number of aryl methyl sites for hydroxylation is 2. The highest BCUT2D eigenvalue weighted by Gasteiger charge is 2.06. The molecule has 70 valence electrons. The van der Waals surface area contributed by atoms with Gasteiger partial charge in [0.1, 0.15) is 5.75 Å². The maximum atomic E-state index is 5.63. The minimum atomic E-state index is 0.542. The molecular formula is C11H15NO. The topological polar surface area (TPSA) is 35.2 Å². The first-order valence-corrected chi connectivity index (χ1v) is 4.16. The molecule has 0 heterocycles. The van der Waals surface area contributed by atoms with Crippen molar-refractivity contribution in [3.8, 4) is 5.75 Å². The molecule has 0 bridgehead atoms. The average molecular weight is 177 g/mol. The lowest BCUT2D eigenvalue weighted by Gasteiger charge is -2.10. The van der Waals surface area contributed by atoms with E-state index in [2.05, 4.69) is 6.58 Å². The van der Waals surface area contributed by atoms with E-state index < -0.39 is 0 Å². The smallest absolute Gasteiger partial charge is 0.128 e. The van der Waals surface area contributed by atoms with Gasteiger partial charge >= 0.3 is 0 Å². The minimum Gasteiger partial charge on any atom is -0.496 e. The highest BCUT2D eigenvalue weighted by molar-refractivity contribution is 5.67. The molecule has 0 aromatic heterocycles. The molecule has 0 unspecified atom stereocenters. The van der Waals surface area contributed by atoms with Gasteiger partial charge in [0.05, 0.1) is 7.11 Å². The van der Waals surface area contributed by atoms with Crippen LogP contribution in [-0.2, 0) is 0 Å². The van der Waals surface area contributed by atoms with E-state index in [9.17, 15) is 0 Å². The molecule has 0 radical (unpaired) electrons. The van der Waals surface area contributed by atoms with E-state index in [1.807, 2.05) is 26.0 Å². The Morgan fingerprint density at radius 2 is 1.85 bits per heavy atom. The normalized spacial score (nSPS) is 9.77. The van der Waals surface area contributed by atoms with E-state index >= 15 is 0 Å². The number of methoxy groups -OCH3 is 1. The molecule has 0 fully saturated rings. The van der Waals surface area contributed by atoms with Crippen LogP contribution in [-0.4, -0.2) is 7.11 Å². The van der Waals surface area contributed by atoms with Crippen LogP contribution < -0.4 is 10.5 Å². The zero-order valence-electron chi connectivity index (χ0n) is 8.35. The molecule has 0 aliphatic rings. The van der Waals surface area contributed by atoms with Crippen LogP contribution in [0.2, 0.25) is 0 Å². The molecular weight excluding hydrogens is 162 g/mol. The fourth-order valence-electron chi connectivity index (χ4n) is 1.21. The fraction of sp³-hybridized carbons (Fsp3) is 0.273. The molecule has 2 N–H and O–H groups in total. The van der Waals surface area contributed by atoms with E-state index in [0.29, 0.717) is 5.70 Å². The summed E-state index contributed by atoms with van der Waals surface area (Å²) < 4.78 is 5.20. The molecule has 1 aromatic carbocycles. The van der Waals surface area contributed by atoms with Crippen LogP contribution in [0.5, 0.6) is 5.75 Å². The van der Waals surface area contributed by atoms with Crippen molar-refractivity contribution in [1.29, 1.82) is 0 Å². The van der Waals surface area contributed by atoms with Crippen LogP contribution in [0.4, 0.5) is 0 Å². The third-order valence-corrected chi connectivity index (χ3v) is 2.16. The van der Waals surface area contributed by atoms with Crippen molar-refractivity contribution in [3.05, 3.63) is 35.4 Å². The van der Waals surface area contributed by atoms with Crippen molar-refractivity contribution >= 4 is 5.70 Å². The maximum Gasteiger partial charge on any atom is 0.128 e. The predicted octanol–water partition coefficient (Wildman–Crippen LogP) is 2.24. The number of rotatable bonds is 2. The van der Waals surface area contributed by atoms with E-state index in [1.54, 1.807) is 7.11 Å². The molecule has 0 saturated heterocycles. The van der Waals surface area contributed by atoms with E-state index in [0.717, 1.165) is 11.3 Å². The Hall–Kier alpha value is -1.44. The Bertz CT molecular complexity index is 342. The summed E-state index contributed by atoms with van der Waals surface area (Å²) in [6.07, 6.45) is 0. The molecule has 0 amide bonds. The number of benzene rings is 1. The van der Waals surface area contributed by atoms with Crippen LogP contribution in [0.25, 0.3) is 5.70 Å². The fourth-order valence-corrected chi connectivity index (χ4v) is 1.21. The van der Waals surface area contributed by atoms with Gasteiger partial charge in [-0.05, 0) is 37.1 Å². The van der Waals surface area contributed by atoms with Gasteiger partial charge in [-0.15, -0.1) is 0 Å². The second-order valence-electron chi connectivity index (χ2n) is 3.16. The highest BCUT2D eigenvalue weighted by atomic mass is 16.5. The van der Waals surface area contributed by atoms with Crippen molar-refractivity contribution in [2.75, 3.05) is 7.11 Å². The molecule has 0 atom stereocenters. The molecule has 1 aromatic rings. The summed E-state index contributed by atoms with van der Waals surface area (Å²) in [6, 6.07) is 3.97. The van der Waals surface area contributed by atoms with Gasteiger partial charge in [-0.3, -0.25) is 0 Å². The monoisotopic (exact) mass is 177 g/mol. The van der Waals surface area contributed by atoms with Gasteiger partial charge in [-0.1, -0.05) is 6.58 Å². The number of hydrogen-bond acceptors (Lipinski definition) is 2. The van der Waals surface area contributed by atoms with E-state index in [-0.39, 0.29) is 0 Å². The Morgan fingerprint density at radius 1 is 1.31 bits per heavy atom. The van der Waals surface area contributed by atoms with Crippen LogP contribution in [0, 0.1) is 13.8 Å². The summed E-state index contributed by atoms with van der Waals surface area (Å²) in [5.74, 6) is 0.788. The van der Waals surface area contributed by atoms with Crippen LogP contribution in [0.15, 0.2) is 18.7 Å². The Balaban J connectivity index is 3.33. The molecule has 13 heavy (non-hydrogen) atoms. The minimum absolute atomic E-state index is 0.542. The maximum absolute atomic E-state index is 5.63. The lowest BCUT2D eigenvalue weighted by Crippen LogP contribution is -1.99. The second kappa shape index (κ2) is 3.52. The van der Waals surface area contributed by atoms with Crippen LogP contribution in [0.1, 0.15) is 16.7 Å². The van der Waals surface area contributed by atoms with Gasteiger partial charge in [0.25, 0.3) is 0 Å². The highest BCUT2D eigenvalue weighted by Crippen LogP contribution is 2.25. The molecule has 0 aliphatic heterocycles. The van der Waals surface area contributed by atoms with Crippen molar-refractivity contribution < 1.29 is 4.74 Å². The van der Waals surface area contributed by atoms with E-state index in [1.165, 1.54) is 11.1 Å². The Labute approximate surface area is 79.0 Å². The molecule has 0 spiro atoms. The first-order chi connectivity index (χ1) is 6.06. The lowest BCUT2D eigenvalue weighted by molar-refractivity contribution is 0.413. The number of nitrogens with two attached hydrogens (primary N) is 1. The molecule has 2 heteroatoms. The predicted molar refractivity (Wildman–Crippen MR) is 55.7 cm³/mol. The van der Waals surface area contributed by atoms with Gasteiger partial charge in [0.2, 0.25) is 0 Å². The summed E-state index contributed by atoms with van der Waals surface area (Å²) in [5.41, 5.74) is 9.45. The summed E-state index contributed by atoms with van der Waals surface area (Å²) in [6.45, 7) is 7.79. The average Bonchev–Trinajstić information content (AvgIpc) is 2.08. The third-order valence-electron chi connectivity index (χ3n) is 2.16. The molecule has 0 aliphatic carbocycles. The summed E-state index contributed by atoms with van der Waals surface area (Å²) in [7, 11) is 1.64. The van der Waals surface area contributed by atoms with Crippen LogP contribution in [0.3, 0.4) is 0 Å². The van der Waals surface area contributed by atoms with Gasteiger partial charge < -0.3 is 10.5 Å². The largest absolute Gasteiger partial charge is 0.496 e. The van der Waals surface area contributed by atoms with Crippen molar-refractivity contribution in [2.45, 2.75) is 13.8 Å². The summed E-state index contributed by atoms with van der Waals surface area (Å²) >= 11 is 0. The SMILES string of the molecule is C=C(N)c1cc(C)c(C)cc1OC. The zero-order valence-corrected chi connectivity index (χ0v) is 8.35. The molecule has 2 nitrogen and oxygen atoms in total. The Morgan fingerprint density at radius 3 is 2.31 bits per heavy atom. The first kappa shape index (κ1) is 9.65. The lowest BCUT2D eigenvalue weighted by atomic mass is 10.0.